The predicted octanol–water partition coefficient (Wildman–Crippen LogP) is 5.37. The average Bonchev–Trinajstić information content (AvgIpc) is 3.26. The number of rotatable bonds is 15. The van der Waals surface area contributed by atoms with Crippen molar-refractivity contribution in [3.63, 3.8) is 0 Å². The van der Waals surface area contributed by atoms with Gasteiger partial charge in [-0.25, -0.2) is 14.4 Å². The van der Waals surface area contributed by atoms with E-state index in [1.807, 2.05) is 0 Å². The summed E-state index contributed by atoms with van der Waals surface area (Å²) in [6.45, 7) is 12.4. The van der Waals surface area contributed by atoms with Gasteiger partial charge in [0.2, 0.25) is 6.10 Å². The fourth-order valence-electron chi connectivity index (χ4n) is 10.8. The quantitative estimate of drug-likeness (QED) is 0.115. The molecular formula is C50H63NO17. The number of carboxylic acid groups (broad SMARTS) is 1. The summed E-state index contributed by atoms with van der Waals surface area (Å²) < 4.78 is 48.7. The molecule has 18 nitrogen and oxygen atoms in total. The Morgan fingerprint density at radius 1 is 0.912 bits per heavy atom. The number of hydrogen-bond donors (Lipinski definition) is 3. The molecule has 0 aromatic heterocycles. The summed E-state index contributed by atoms with van der Waals surface area (Å²) in [6.07, 6.45) is -10.8. The largest absolute Gasteiger partial charge is 0.481 e. The highest BCUT2D eigenvalue weighted by atomic mass is 16.6. The fraction of sp³-hybridized carbons (Fsp3) is 0.580. The number of carbonyl (C=O) groups excluding carboxylic acids is 6. The van der Waals surface area contributed by atoms with E-state index in [2.05, 4.69) is 5.32 Å². The van der Waals surface area contributed by atoms with E-state index in [4.69, 9.17) is 37.9 Å². The Kier molecular flexibility index (Phi) is 15.0. The number of esters is 4. The number of nitrogens with one attached hydrogen (secondary N) is 1. The van der Waals surface area contributed by atoms with Crippen LogP contribution in [0.4, 0.5) is 4.79 Å². The van der Waals surface area contributed by atoms with Crippen LogP contribution in [0.1, 0.15) is 109 Å². The summed E-state index contributed by atoms with van der Waals surface area (Å²) in [7, 11) is 2.73. The van der Waals surface area contributed by atoms with Gasteiger partial charge < -0.3 is 53.4 Å². The summed E-state index contributed by atoms with van der Waals surface area (Å²) in [6, 6.07) is 14.6. The van der Waals surface area contributed by atoms with Gasteiger partial charge in [-0.2, -0.15) is 0 Å². The molecule has 1 amide bonds. The molecule has 1 saturated heterocycles. The lowest BCUT2D eigenvalue weighted by atomic mass is 9.44. The van der Waals surface area contributed by atoms with Gasteiger partial charge in [-0.3, -0.25) is 19.2 Å². The first kappa shape index (κ1) is 51.7. The van der Waals surface area contributed by atoms with Gasteiger partial charge in [0.1, 0.15) is 41.7 Å². The Labute approximate surface area is 395 Å². The lowest BCUT2D eigenvalue weighted by Crippen LogP contribution is -2.82. The maximum absolute atomic E-state index is 15.7. The minimum atomic E-state index is -2.32. The van der Waals surface area contributed by atoms with Crippen LogP contribution in [0.25, 0.3) is 0 Å². The van der Waals surface area contributed by atoms with Gasteiger partial charge in [-0.05, 0) is 69.9 Å². The summed E-state index contributed by atoms with van der Waals surface area (Å²) >= 11 is 0. The van der Waals surface area contributed by atoms with E-state index in [-0.39, 0.29) is 48.1 Å². The standard InChI is InChI=1S/C50H63NO17/c1-27-31(64-44(58)39(65-35(55)23-17-22-34(53)54)37(29-18-13-11-14-19-29)51-45(59)68-46(3,4)5)25-50(60)42(66-43(57)30-20-15-12-16-21-30)40-48(8,41(56)38(62-10)36(27)47(50,6)7)32(61-9)24-33-49(40,26-63-33)67-28(2)52/h11-16,18-21,31-33,37-40,42,60H,17,22-26H2,1-10H3,(H,51,59)(H,53,54)/t31-,32-,33+,37-,38+,39+,40-,42-,48+,49-,50+/m0/s1. The molecule has 0 radical (unpaired) electrons. The highest BCUT2D eigenvalue weighted by Gasteiger charge is 2.78. The highest BCUT2D eigenvalue weighted by molar-refractivity contribution is 5.94. The number of methoxy groups -OCH3 is 2. The van der Waals surface area contributed by atoms with Crippen molar-refractivity contribution in [3.05, 3.63) is 82.9 Å². The Morgan fingerprint density at radius 2 is 1.54 bits per heavy atom. The summed E-state index contributed by atoms with van der Waals surface area (Å²) in [4.78, 5) is 96.7. The van der Waals surface area contributed by atoms with Gasteiger partial charge in [-0.15, -0.1) is 0 Å². The third kappa shape index (κ3) is 9.65. The number of ether oxygens (including phenoxy) is 8. The molecule has 3 N–H and O–H groups in total. The first-order valence-corrected chi connectivity index (χ1v) is 22.6. The van der Waals surface area contributed by atoms with Crippen LogP contribution in [-0.2, 0) is 61.9 Å². The number of benzene rings is 2. The molecule has 0 spiro atoms. The average molecular weight is 950 g/mol. The second kappa shape index (κ2) is 19.7. The molecule has 3 aliphatic carbocycles. The minimum Gasteiger partial charge on any atom is -0.481 e. The molecule has 1 heterocycles. The van der Waals surface area contributed by atoms with Crippen molar-refractivity contribution < 1.29 is 81.7 Å². The van der Waals surface area contributed by atoms with Gasteiger partial charge in [-0.1, -0.05) is 62.4 Å². The Hall–Kier alpha value is -5.69. The van der Waals surface area contributed by atoms with Gasteiger partial charge in [0, 0.05) is 52.2 Å². The van der Waals surface area contributed by atoms with Crippen molar-refractivity contribution in [1.29, 1.82) is 0 Å². The molecule has 2 aromatic carbocycles. The van der Waals surface area contributed by atoms with Crippen molar-refractivity contribution in [2.45, 2.75) is 147 Å². The lowest BCUT2D eigenvalue weighted by Gasteiger charge is -2.67. The molecule has 6 rings (SSSR count). The predicted molar refractivity (Wildman–Crippen MR) is 239 cm³/mol. The monoisotopic (exact) mass is 949 g/mol. The van der Waals surface area contributed by atoms with E-state index in [1.54, 1.807) is 97.0 Å². The number of amides is 1. The second-order valence-corrected chi connectivity index (χ2v) is 19.7. The molecule has 68 heavy (non-hydrogen) atoms. The van der Waals surface area contributed by atoms with Gasteiger partial charge >= 0.3 is 35.9 Å². The third-order valence-corrected chi connectivity index (χ3v) is 14.0. The minimum absolute atomic E-state index is 0.0781. The molecule has 11 atom stereocenters. The summed E-state index contributed by atoms with van der Waals surface area (Å²) in [5.41, 5.74) is -7.40. The SMILES string of the molecule is CO[C@H]1C(=O)[C@]2(C)[C@@H](OC)C[C@H]3OC[C@@]3(OC(C)=O)[C@H]2[C@H](OC(=O)c2ccccc2)[C@]2(O)C[C@H](OC(=O)[C@H](OC(=O)CCCC(=O)O)[C@@H](NC(=O)OC(C)(C)C)c3ccccc3)C(C)=C1C2(C)C. The van der Waals surface area contributed by atoms with E-state index in [1.165, 1.54) is 33.3 Å². The second-order valence-electron chi connectivity index (χ2n) is 19.7. The zero-order valence-corrected chi connectivity index (χ0v) is 40.2. The fourth-order valence-corrected chi connectivity index (χ4v) is 10.8. The van der Waals surface area contributed by atoms with Crippen LogP contribution in [0, 0.1) is 16.7 Å². The Balaban J connectivity index is 1.55. The lowest BCUT2D eigenvalue weighted by molar-refractivity contribution is -0.347. The number of carboxylic acids is 1. The van der Waals surface area contributed by atoms with Crippen molar-refractivity contribution in [2.24, 2.45) is 16.7 Å². The van der Waals surface area contributed by atoms with Crippen molar-refractivity contribution in [3.8, 4) is 0 Å². The number of fused-ring (bicyclic) bond motifs is 5. The van der Waals surface area contributed by atoms with E-state index in [0.29, 0.717) is 0 Å². The molecule has 370 valence electrons. The summed E-state index contributed by atoms with van der Waals surface area (Å²) in [5.74, 6) is -6.92. The molecule has 3 fully saturated rings. The van der Waals surface area contributed by atoms with Gasteiger partial charge in [0.15, 0.2) is 11.4 Å². The molecule has 2 bridgehead atoms. The molecule has 0 unspecified atom stereocenters. The Bertz CT molecular complexity index is 2290. The van der Waals surface area contributed by atoms with Crippen molar-refractivity contribution in [2.75, 3.05) is 20.8 Å². The van der Waals surface area contributed by atoms with Crippen LogP contribution in [0.3, 0.4) is 0 Å². The summed E-state index contributed by atoms with van der Waals surface area (Å²) in [5, 5.41) is 25.8. The third-order valence-electron chi connectivity index (χ3n) is 14.0. The number of ketones is 1. The number of Topliss-reactive ketones (excluding diaryl/α,β-unsaturated/α-hetero) is 1. The first-order chi connectivity index (χ1) is 31.9. The smallest absolute Gasteiger partial charge is 0.408 e. The van der Waals surface area contributed by atoms with Crippen LogP contribution in [-0.4, -0.2) is 126 Å². The Morgan fingerprint density at radius 3 is 2.09 bits per heavy atom. The van der Waals surface area contributed by atoms with Crippen molar-refractivity contribution >= 4 is 41.7 Å². The number of carbonyl (C=O) groups is 7. The molecule has 1 aliphatic heterocycles. The van der Waals surface area contributed by atoms with Crippen LogP contribution in [0.2, 0.25) is 0 Å². The van der Waals surface area contributed by atoms with E-state index in [0.717, 1.165) is 0 Å². The number of alkyl carbamates (subject to hydrolysis) is 1. The molecule has 2 saturated carbocycles. The zero-order chi connectivity index (χ0) is 50.1. The number of aliphatic hydroxyl groups is 1. The first-order valence-electron chi connectivity index (χ1n) is 22.6. The van der Waals surface area contributed by atoms with Crippen molar-refractivity contribution in [1.82, 2.24) is 5.32 Å². The normalized spacial score (nSPS) is 30.3. The van der Waals surface area contributed by atoms with E-state index in [9.17, 15) is 34.2 Å². The van der Waals surface area contributed by atoms with E-state index >= 15 is 9.59 Å². The highest BCUT2D eigenvalue weighted by Crippen LogP contribution is 2.65. The topological polar surface area (TPSA) is 246 Å². The maximum atomic E-state index is 15.7. The van der Waals surface area contributed by atoms with Crippen LogP contribution in [0.15, 0.2) is 71.8 Å². The van der Waals surface area contributed by atoms with Gasteiger partial charge in [0.25, 0.3) is 0 Å². The maximum Gasteiger partial charge on any atom is 0.408 e. The van der Waals surface area contributed by atoms with Crippen LogP contribution < -0.4 is 5.32 Å². The molecular weight excluding hydrogens is 887 g/mol. The number of hydrogen-bond acceptors (Lipinski definition) is 16. The molecule has 4 aliphatic rings. The van der Waals surface area contributed by atoms with E-state index < -0.39 is 131 Å². The molecule has 18 heteroatoms. The number of aliphatic carboxylic acids is 1. The zero-order valence-electron chi connectivity index (χ0n) is 40.2. The van der Waals surface area contributed by atoms with Crippen LogP contribution >= 0.6 is 0 Å². The molecule has 2 aromatic rings. The van der Waals surface area contributed by atoms with Crippen LogP contribution in [0.5, 0.6) is 0 Å². The van der Waals surface area contributed by atoms with Gasteiger partial charge in [0.05, 0.1) is 29.6 Å².